The molecular formula is C12H15FO. The quantitative estimate of drug-likeness (QED) is 0.728. The summed E-state index contributed by atoms with van der Waals surface area (Å²) in [5.41, 5.74) is 3.01. The van der Waals surface area contributed by atoms with E-state index < -0.39 is 6.10 Å². The molecule has 1 unspecified atom stereocenters. The summed E-state index contributed by atoms with van der Waals surface area (Å²) >= 11 is 0. The number of aliphatic hydroxyl groups excluding tert-OH is 1. The van der Waals surface area contributed by atoms with E-state index in [9.17, 15) is 9.50 Å². The smallest absolute Gasteiger partial charge is 0.123 e. The molecule has 0 spiro atoms. The Kier molecular flexibility index (Phi) is 2.31. The van der Waals surface area contributed by atoms with Gasteiger partial charge in [-0.25, -0.2) is 4.39 Å². The zero-order chi connectivity index (χ0) is 10.3. The van der Waals surface area contributed by atoms with Gasteiger partial charge in [-0.3, -0.25) is 0 Å². The Hall–Kier alpha value is -0.890. The predicted octanol–water partition coefficient (Wildman–Crippen LogP) is 2.93. The highest BCUT2D eigenvalue weighted by Gasteiger charge is 2.24. The monoisotopic (exact) mass is 194 g/mol. The minimum atomic E-state index is -0.460. The van der Waals surface area contributed by atoms with Crippen molar-refractivity contribution in [2.24, 2.45) is 0 Å². The summed E-state index contributed by atoms with van der Waals surface area (Å²) in [5, 5.41) is 9.65. The van der Waals surface area contributed by atoms with Crippen LogP contribution in [-0.4, -0.2) is 5.11 Å². The third-order valence-electron chi connectivity index (χ3n) is 2.93. The van der Waals surface area contributed by atoms with Gasteiger partial charge in [0.05, 0.1) is 6.10 Å². The van der Waals surface area contributed by atoms with E-state index in [1.807, 2.05) is 0 Å². The van der Waals surface area contributed by atoms with Crippen molar-refractivity contribution in [3.05, 3.63) is 34.6 Å². The maximum atomic E-state index is 13.2. The van der Waals surface area contributed by atoms with Gasteiger partial charge in [0, 0.05) is 0 Å². The molecule has 14 heavy (non-hydrogen) atoms. The first kappa shape index (κ1) is 9.66. The van der Waals surface area contributed by atoms with E-state index in [4.69, 9.17) is 0 Å². The molecule has 0 radical (unpaired) electrons. The lowest BCUT2D eigenvalue weighted by molar-refractivity contribution is 0.179. The number of aliphatic hydroxyl groups is 1. The standard InChI is InChI=1S/C12H15FO/c1-7(2)10-5-8(13)6-11-9(10)3-4-12(11)14/h5-7,12,14H,3-4H2,1-2H3. The Morgan fingerprint density at radius 3 is 2.79 bits per heavy atom. The molecule has 1 aliphatic rings. The van der Waals surface area contributed by atoms with Crippen LogP contribution in [0.1, 0.15) is 49.0 Å². The van der Waals surface area contributed by atoms with E-state index in [1.165, 1.54) is 6.07 Å². The molecule has 2 heteroatoms. The summed E-state index contributed by atoms with van der Waals surface area (Å²) < 4.78 is 13.2. The van der Waals surface area contributed by atoms with Gasteiger partial charge in [0.2, 0.25) is 0 Å². The molecule has 0 aromatic heterocycles. The summed E-state index contributed by atoms with van der Waals surface area (Å²) in [6, 6.07) is 3.07. The fraction of sp³-hybridized carbons (Fsp3) is 0.500. The molecule has 1 aromatic rings. The zero-order valence-corrected chi connectivity index (χ0v) is 8.55. The van der Waals surface area contributed by atoms with Gasteiger partial charge in [-0.1, -0.05) is 13.8 Å². The second kappa shape index (κ2) is 3.35. The van der Waals surface area contributed by atoms with Crippen molar-refractivity contribution >= 4 is 0 Å². The second-order valence-electron chi connectivity index (χ2n) is 4.27. The Bertz CT molecular complexity index is 358. The molecule has 0 bridgehead atoms. The SMILES string of the molecule is CC(C)c1cc(F)cc2c1CCC2O. The molecular weight excluding hydrogens is 179 g/mol. The normalized spacial score (nSPS) is 20.2. The fourth-order valence-corrected chi connectivity index (χ4v) is 2.22. The van der Waals surface area contributed by atoms with Gasteiger partial charge < -0.3 is 5.11 Å². The van der Waals surface area contributed by atoms with Gasteiger partial charge in [-0.2, -0.15) is 0 Å². The van der Waals surface area contributed by atoms with Crippen molar-refractivity contribution in [3.8, 4) is 0 Å². The van der Waals surface area contributed by atoms with Crippen LogP contribution in [0.3, 0.4) is 0 Å². The summed E-state index contributed by atoms with van der Waals surface area (Å²) in [6.07, 6.45) is 1.15. The third-order valence-corrected chi connectivity index (χ3v) is 2.93. The molecule has 76 valence electrons. The highest BCUT2D eigenvalue weighted by Crippen LogP contribution is 2.36. The molecule has 1 atom stereocenters. The van der Waals surface area contributed by atoms with Crippen molar-refractivity contribution in [2.75, 3.05) is 0 Å². The average molecular weight is 194 g/mol. The number of rotatable bonds is 1. The summed E-state index contributed by atoms with van der Waals surface area (Å²) in [6.45, 7) is 4.11. The van der Waals surface area contributed by atoms with E-state index in [2.05, 4.69) is 13.8 Å². The number of fused-ring (bicyclic) bond motifs is 1. The lowest BCUT2D eigenvalue weighted by atomic mass is 9.94. The Morgan fingerprint density at radius 1 is 1.43 bits per heavy atom. The van der Waals surface area contributed by atoms with Gasteiger partial charge >= 0.3 is 0 Å². The van der Waals surface area contributed by atoms with Crippen LogP contribution in [0, 0.1) is 5.82 Å². The van der Waals surface area contributed by atoms with Crippen LogP contribution < -0.4 is 0 Å². The molecule has 0 fully saturated rings. The van der Waals surface area contributed by atoms with Gasteiger partial charge in [0.1, 0.15) is 5.82 Å². The maximum Gasteiger partial charge on any atom is 0.123 e. The molecule has 2 rings (SSSR count). The molecule has 0 heterocycles. The number of hydrogen-bond donors (Lipinski definition) is 1. The van der Waals surface area contributed by atoms with Crippen LogP contribution >= 0.6 is 0 Å². The first-order chi connectivity index (χ1) is 6.59. The Labute approximate surface area is 83.6 Å². The lowest BCUT2D eigenvalue weighted by Gasteiger charge is -2.12. The van der Waals surface area contributed by atoms with E-state index in [1.54, 1.807) is 6.07 Å². The van der Waals surface area contributed by atoms with E-state index in [-0.39, 0.29) is 5.82 Å². The Balaban J connectivity index is 2.57. The van der Waals surface area contributed by atoms with Crippen LogP contribution in [0.4, 0.5) is 4.39 Å². The van der Waals surface area contributed by atoms with E-state index >= 15 is 0 Å². The summed E-state index contributed by atoms with van der Waals surface area (Å²) in [7, 11) is 0. The molecule has 1 aliphatic carbocycles. The lowest BCUT2D eigenvalue weighted by Crippen LogP contribution is -1.98. The van der Waals surface area contributed by atoms with Crippen LogP contribution in [0.5, 0.6) is 0 Å². The van der Waals surface area contributed by atoms with Crippen LogP contribution in [0.2, 0.25) is 0 Å². The number of benzene rings is 1. The van der Waals surface area contributed by atoms with E-state index in [0.717, 1.165) is 29.5 Å². The first-order valence-corrected chi connectivity index (χ1v) is 5.10. The maximum absolute atomic E-state index is 13.2. The van der Waals surface area contributed by atoms with Gasteiger partial charge in [-0.05, 0) is 47.6 Å². The zero-order valence-electron chi connectivity index (χ0n) is 8.55. The Morgan fingerprint density at radius 2 is 2.14 bits per heavy atom. The molecule has 0 amide bonds. The van der Waals surface area contributed by atoms with Crippen LogP contribution in [0.25, 0.3) is 0 Å². The molecule has 1 aromatic carbocycles. The van der Waals surface area contributed by atoms with Crippen molar-refractivity contribution in [1.29, 1.82) is 0 Å². The number of halogens is 1. The highest BCUT2D eigenvalue weighted by molar-refractivity contribution is 5.42. The molecule has 0 saturated heterocycles. The van der Waals surface area contributed by atoms with E-state index in [0.29, 0.717) is 5.92 Å². The molecule has 0 aliphatic heterocycles. The number of hydrogen-bond acceptors (Lipinski definition) is 1. The van der Waals surface area contributed by atoms with Gasteiger partial charge in [-0.15, -0.1) is 0 Å². The fourth-order valence-electron chi connectivity index (χ4n) is 2.22. The van der Waals surface area contributed by atoms with Gasteiger partial charge in [0.15, 0.2) is 0 Å². The summed E-state index contributed by atoms with van der Waals surface area (Å²) in [5.74, 6) is 0.0955. The van der Waals surface area contributed by atoms with Crippen LogP contribution in [0.15, 0.2) is 12.1 Å². The average Bonchev–Trinajstić information content (AvgIpc) is 2.47. The topological polar surface area (TPSA) is 20.2 Å². The third kappa shape index (κ3) is 1.44. The van der Waals surface area contributed by atoms with Crippen molar-refractivity contribution < 1.29 is 9.50 Å². The molecule has 1 nitrogen and oxygen atoms in total. The van der Waals surface area contributed by atoms with Crippen molar-refractivity contribution in [2.45, 2.75) is 38.7 Å². The van der Waals surface area contributed by atoms with Crippen molar-refractivity contribution in [1.82, 2.24) is 0 Å². The van der Waals surface area contributed by atoms with Crippen molar-refractivity contribution in [3.63, 3.8) is 0 Å². The van der Waals surface area contributed by atoms with Crippen LogP contribution in [-0.2, 0) is 6.42 Å². The van der Waals surface area contributed by atoms with Gasteiger partial charge in [0.25, 0.3) is 0 Å². The highest BCUT2D eigenvalue weighted by atomic mass is 19.1. The first-order valence-electron chi connectivity index (χ1n) is 5.10. The summed E-state index contributed by atoms with van der Waals surface area (Å²) in [4.78, 5) is 0. The second-order valence-corrected chi connectivity index (χ2v) is 4.27. The largest absolute Gasteiger partial charge is 0.388 e. The molecule has 1 N–H and O–H groups in total. The molecule has 0 saturated carbocycles. The predicted molar refractivity (Wildman–Crippen MR) is 53.8 cm³/mol. The minimum absolute atomic E-state index is 0.228. The minimum Gasteiger partial charge on any atom is -0.388 e.